The van der Waals surface area contributed by atoms with Crippen molar-refractivity contribution >= 4 is 68.9 Å². The number of benzene rings is 1. The van der Waals surface area contributed by atoms with Gasteiger partial charge in [0, 0.05) is 21.7 Å². The van der Waals surface area contributed by atoms with E-state index < -0.39 is 24.8 Å². The molecule has 0 radical (unpaired) electrons. The molecular formula is C8H7BrCl3NO4S2. The van der Waals surface area contributed by atoms with Gasteiger partial charge < -0.3 is 0 Å². The zero-order valence-electron chi connectivity index (χ0n) is 9.03. The first-order valence-electron chi connectivity index (χ1n) is 4.59. The number of hydrogen-bond acceptors (Lipinski definition) is 4. The molecule has 0 heterocycles. The molecule has 1 rings (SSSR count). The second kappa shape index (κ2) is 6.46. The van der Waals surface area contributed by atoms with Gasteiger partial charge in [-0.25, -0.2) is 21.6 Å². The molecule has 1 aromatic carbocycles. The van der Waals surface area contributed by atoms with Crippen LogP contribution in [0.25, 0.3) is 0 Å². The fourth-order valence-corrected chi connectivity index (χ4v) is 4.83. The number of rotatable bonds is 5. The first-order valence-corrected chi connectivity index (χ1v) is 10.1. The number of nitrogens with one attached hydrogen (secondary N) is 1. The summed E-state index contributed by atoms with van der Waals surface area (Å²) in [6.45, 7) is -0.378. The van der Waals surface area contributed by atoms with Gasteiger partial charge in [0.05, 0.1) is 15.8 Å². The van der Waals surface area contributed by atoms with Crippen LogP contribution >= 0.6 is 49.8 Å². The van der Waals surface area contributed by atoms with E-state index in [4.69, 9.17) is 33.9 Å². The fraction of sp³-hybridized carbons (Fsp3) is 0.250. The molecule has 0 aliphatic heterocycles. The summed E-state index contributed by atoms with van der Waals surface area (Å²) in [5, 5.41) is -0.166. The van der Waals surface area contributed by atoms with Crippen LogP contribution in [0.4, 0.5) is 0 Å². The highest BCUT2D eigenvalue weighted by atomic mass is 79.9. The second-order valence-electron chi connectivity index (χ2n) is 3.34. The Morgan fingerprint density at radius 3 is 2.00 bits per heavy atom. The van der Waals surface area contributed by atoms with Crippen LogP contribution in [0, 0.1) is 0 Å². The molecule has 0 atom stereocenters. The first-order chi connectivity index (χ1) is 8.53. The van der Waals surface area contributed by atoms with E-state index in [1.807, 2.05) is 0 Å². The molecule has 11 heteroatoms. The van der Waals surface area contributed by atoms with Gasteiger partial charge in [-0.3, -0.25) is 0 Å². The van der Waals surface area contributed by atoms with E-state index in [2.05, 4.69) is 20.7 Å². The molecule has 0 amide bonds. The van der Waals surface area contributed by atoms with Crippen LogP contribution in [0.3, 0.4) is 0 Å². The van der Waals surface area contributed by atoms with Crippen molar-refractivity contribution in [2.75, 3.05) is 12.3 Å². The van der Waals surface area contributed by atoms with E-state index in [-0.39, 0.29) is 21.5 Å². The molecule has 0 fully saturated rings. The van der Waals surface area contributed by atoms with Crippen molar-refractivity contribution < 1.29 is 16.8 Å². The normalized spacial score (nSPS) is 12.6. The van der Waals surface area contributed by atoms with Crippen LogP contribution in [-0.4, -0.2) is 29.1 Å². The van der Waals surface area contributed by atoms with E-state index in [1.165, 1.54) is 12.1 Å². The SMILES string of the molecule is O=S(=O)(Cl)CCNS(=O)(=O)c1c(Cl)cc(Br)cc1Cl. The highest BCUT2D eigenvalue weighted by Crippen LogP contribution is 2.32. The Morgan fingerprint density at radius 1 is 1.11 bits per heavy atom. The topological polar surface area (TPSA) is 80.3 Å². The molecule has 0 aliphatic carbocycles. The van der Waals surface area contributed by atoms with E-state index in [0.29, 0.717) is 4.47 Å². The van der Waals surface area contributed by atoms with E-state index >= 15 is 0 Å². The van der Waals surface area contributed by atoms with E-state index in [9.17, 15) is 16.8 Å². The van der Waals surface area contributed by atoms with Crippen molar-refractivity contribution in [1.82, 2.24) is 4.72 Å². The molecule has 5 nitrogen and oxygen atoms in total. The third-order valence-corrected chi connectivity index (χ3v) is 5.86. The molecule has 1 aromatic rings. The molecule has 1 N–H and O–H groups in total. The van der Waals surface area contributed by atoms with Crippen LogP contribution in [-0.2, 0) is 19.1 Å². The fourth-order valence-electron chi connectivity index (χ4n) is 1.16. The van der Waals surface area contributed by atoms with Gasteiger partial charge in [-0.1, -0.05) is 39.1 Å². The average molecular weight is 432 g/mol. The number of sulfonamides is 1. The lowest BCUT2D eigenvalue weighted by molar-refractivity contribution is 0.583. The zero-order chi connectivity index (χ0) is 14.8. The lowest BCUT2D eigenvalue weighted by Crippen LogP contribution is -2.28. The maximum atomic E-state index is 11.9. The Morgan fingerprint density at radius 2 is 1.58 bits per heavy atom. The van der Waals surface area contributed by atoms with Gasteiger partial charge in [-0.05, 0) is 12.1 Å². The van der Waals surface area contributed by atoms with Crippen molar-refractivity contribution in [3.05, 3.63) is 26.7 Å². The summed E-state index contributed by atoms with van der Waals surface area (Å²) in [4.78, 5) is -0.314. The summed E-state index contributed by atoms with van der Waals surface area (Å²) >= 11 is 14.7. The Bertz CT molecular complexity index is 667. The van der Waals surface area contributed by atoms with Gasteiger partial charge in [-0.15, -0.1) is 0 Å². The lowest BCUT2D eigenvalue weighted by atomic mass is 10.4. The smallest absolute Gasteiger partial charge is 0.212 e. The van der Waals surface area contributed by atoms with Crippen LogP contribution in [0.2, 0.25) is 10.0 Å². The first kappa shape index (κ1) is 17.5. The summed E-state index contributed by atoms with van der Waals surface area (Å²) in [5.41, 5.74) is 0. The third kappa shape index (κ3) is 5.37. The quantitative estimate of drug-likeness (QED) is 0.727. The Balaban J connectivity index is 3.02. The summed E-state index contributed by atoms with van der Waals surface area (Å²) in [6, 6.07) is 2.72. The Kier molecular flexibility index (Phi) is 5.95. The Labute approximate surface area is 133 Å². The lowest BCUT2D eigenvalue weighted by Gasteiger charge is -2.10. The van der Waals surface area contributed by atoms with Gasteiger partial charge in [0.15, 0.2) is 0 Å². The Hall–Kier alpha value is 0.430. The minimum Gasteiger partial charge on any atom is -0.212 e. The van der Waals surface area contributed by atoms with Crippen molar-refractivity contribution in [2.45, 2.75) is 4.90 Å². The van der Waals surface area contributed by atoms with Gasteiger partial charge in [-0.2, -0.15) is 0 Å². The van der Waals surface area contributed by atoms with Gasteiger partial charge in [0.1, 0.15) is 4.90 Å². The average Bonchev–Trinajstić information content (AvgIpc) is 2.11. The summed E-state index contributed by atoms with van der Waals surface area (Å²) in [6.07, 6.45) is 0. The molecule has 0 unspecified atom stereocenters. The highest BCUT2D eigenvalue weighted by Gasteiger charge is 2.22. The molecule has 0 aromatic heterocycles. The maximum absolute atomic E-state index is 11.9. The monoisotopic (exact) mass is 429 g/mol. The van der Waals surface area contributed by atoms with Gasteiger partial charge >= 0.3 is 0 Å². The molecule has 108 valence electrons. The highest BCUT2D eigenvalue weighted by molar-refractivity contribution is 9.10. The molecular weight excluding hydrogens is 424 g/mol. The summed E-state index contributed by atoms with van der Waals surface area (Å²) in [5.74, 6) is -0.542. The van der Waals surface area contributed by atoms with Crippen molar-refractivity contribution in [1.29, 1.82) is 0 Å². The van der Waals surface area contributed by atoms with Crippen LogP contribution in [0.15, 0.2) is 21.5 Å². The van der Waals surface area contributed by atoms with Gasteiger partial charge in [0.25, 0.3) is 0 Å². The summed E-state index contributed by atoms with van der Waals surface area (Å²) in [7, 11) is -2.83. The predicted molar refractivity (Wildman–Crippen MR) is 79.0 cm³/mol. The molecule has 19 heavy (non-hydrogen) atoms. The molecule has 0 bridgehead atoms. The number of halogens is 4. The predicted octanol–water partition coefficient (Wildman–Crippen LogP) is 2.60. The summed E-state index contributed by atoms with van der Waals surface area (Å²) < 4.78 is 47.9. The van der Waals surface area contributed by atoms with E-state index in [1.54, 1.807) is 0 Å². The molecule has 0 saturated carbocycles. The zero-order valence-corrected chi connectivity index (χ0v) is 14.5. The van der Waals surface area contributed by atoms with Crippen LogP contribution < -0.4 is 4.72 Å². The largest absolute Gasteiger partial charge is 0.243 e. The third-order valence-electron chi connectivity index (χ3n) is 1.87. The van der Waals surface area contributed by atoms with E-state index in [0.717, 1.165) is 0 Å². The van der Waals surface area contributed by atoms with Crippen LogP contribution in [0.1, 0.15) is 0 Å². The minimum absolute atomic E-state index is 0.0828. The minimum atomic E-state index is -4.02. The molecule has 0 aliphatic rings. The maximum Gasteiger partial charge on any atom is 0.243 e. The number of hydrogen-bond donors (Lipinski definition) is 1. The van der Waals surface area contributed by atoms with Crippen molar-refractivity contribution in [3.63, 3.8) is 0 Å². The van der Waals surface area contributed by atoms with Crippen molar-refractivity contribution in [3.8, 4) is 0 Å². The standard InChI is InChI=1S/C8H7BrCl3NO4S2/c9-5-3-6(10)8(7(11)4-5)19(16,17)13-1-2-18(12,14)15/h3-4,13H,1-2H2. The molecule has 0 spiro atoms. The van der Waals surface area contributed by atoms with Crippen molar-refractivity contribution in [2.24, 2.45) is 0 Å². The second-order valence-corrected chi connectivity index (χ2v) is 9.67. The van der Waals surface area contributed by atoms with Gasteiger partial charge in [0.2, 0.25) is 19.1 Å². The van der Waals surface area contributed by atoms with Crippen LogP contribution in [0.5, 0.6) is 0 Å². The molecule has 0 saturated heterocycles.